The van der Waals surface area contributed by atoms with Crippen LogP contribution in [0, 0.1) is 18.3 Å². The Morgan fingerprint density at radius 2 is 2.29 bits per heavy atom. The molecule has 1 aromatic carbocycles. The molecule has 0 unspecified atom stereocenters. The fourth-order valence-electron chi connectivity index (χ4n) is 1.93. The van der Waals surface area contributed by atoms with Gasteiger partial charge in [0.2, 0.25) is 0 Å². The summed E-state index contributed by atoms with van der Waals surface area (Å²) < 4.78 is 5.48. The van der Waals surface area contributed by atoms with E-state index >= 15 is 0 Å². The van der Waals surface area contributed by atoms with Crippen LogP contribution in [0.15, 0.2) is 21.7 Å². The van der Waals surface area contributed by atoms with Crippen LogP contribution in [0.5, 0.6) is 11.5 Å². The SMILES string of the molecule is COc1cc(/C=N\NC(=O)c2sc(N)c(C#N)c2C)cc(Br)c1O. The summed E-state index contributed by atoms with van der Waals surface area (Å²) in [4.78, 5) is 12.5. The maximum absolute atomic E-state index is 12.1. The van der Waals surface area contributed by atoms with Crippen LogP contribution in [-0.2, 0) is 0 Å². The molecule has 1 heterocycles. The van der Waals surface area contributed by atoms with Gasteiger partial charge in [-0.2, -0.15) is 10.4 Å². The zero-order valence-electron chi connectivity index (χ0n) is 12.8. The summed E-state index contributed by atoms with van der Waals surface area (Å²) in [5, 5.41) is 22.9. The smallest absolute Gasteiger partial charge is 0.281 e. The summed E-state index contributed by atoms with van der Waals surface area (Å²) in [5.74, 6) is -0.197. The Bertz CT molecular complexity index is 871. The van der Waals surface area contributed by atoms with Crippen molar-refractivity contribution in [2.75, 3.05) is 12.8 Å². The minimum atomic E-state index is -0.452. The van der Waals surface area contributed by atoms with Gasteiger partial charge in [0.1, 0.15) is 15.9 Å². The first kappa shape index (κ1) is 17.8. The first-order valence-corrected chi connectivity index (χ1v) is 8.18. The molecular formula is C15H13BrN4O3S. The molecule has 0 saturated carbocycles. The van der Waals surface area contributed by atoms with Gasteiger partial charge in [0, 0.05) is 0 Å². The van der Waals surface area contributed by atoms with Gasteiger partial charge in [-0.25, -0.2) is 5.43 Å². The summed E-state index contributed by atoms with van der Waals surface area (Å²) in [6, 6.07) is 5.16. The molecule has 2 rings (SSSR count). The number of nitrogen functional groups attached to an aromatic ring is 1. The average Bonchev–Trinajstić information content (AvgIpc) is 2.84. The van der Waals surface area contributed by atoms with E-state index in [0.29, 0.717) is 31.0 Å². The number of ether oxygens (including phenoxy) is 1. The number of anilines is 1. The van der Waals surface area contributed by atoms with Crippen molar-refractivity contribution in [3.8, 4) is 17.6 Å². The molecule has 0 radical (unpaired) electrons. The van der Waals surface area contributed by atoms with Crippen molar-refractivity contribution in [2.45, 2.75) is 6.92 Å². The topological polar surface area (TPSA) is 121 Å². The minimum Gasteiger partial charge on any atom is -0.503 e. The number of rotatable bonds is 4. The van der Waals surface area contributed by atoms with E-state index in [1.165, 1.54) is 13.3 Å². The van der Waals surface area contributed by atoms with Crippen LogP contribution in [0.3, 0.4) is 0 Å². The third-order valence-corrected chi connectivity index (χ3v) is 4.87. The number of benzene rings is 1. The summed E-state index contributed by atoms with van der Waals surface area (Å²) in [6.45, 7) is 1.66. The first-order valence-electron chi connectivity index (χ1n) is 6.57. The highest BCUT2D eigenvalue weighted by atomic mass is 79.9. The van der Waals surface area contributed by atoms with Gasteiger partial charge in [-0.1, -0.05) is 0 Å². The summed E-state index contributed by atoms with van der Waals surface area (Å²) in [6.07, 6.45) is 1.40. The fraction of sp³-hybridized carbons (Fsp3) is 0.133. The van der Waals surface area contributed by atoms with Gasteiger partial charge < -0.3 is 15.6 Å². The van der Waals surface area contributed by atoms with E-state index < -0.39 is 5.91 Å². The fourth-order valence-corrected chi connectivity index (χ4v) is 3.31. The van der Waals surface area contributed by atoms with Crippen LogP contribution in [0.2, 0.25) is 0 Å². The monoisotopic (exact) mass is 408 g/mol. The van der Waals surface area contributed by atoms with E-state index in [1.807, 2.05) is 6.07 Å². The Balaban J connectivity index is 2.16. The summed E-state index contributed by atoms with van der Waals surface area (Å²) in [7, 11) is 1.43. The lowest BCUT2D eigenvalue weighted by molar-refractivity contribution is 0.0958. The number of nitrogens with one attached hydrogen (secondary N) is 1. The standard InChI is InChI=1S/C15H13BrN4O3S/c1-7-9(5-17)14(18)24-13(7)15(22)20-19-6-8-3-10(16)12(21)11(4-8)23-2/h3-4,6,21H,18H2,1-2H3,(H,20,22)/b19-6-. The Hall–Kier alpha value is -2.57. The molecule has 4 N–H and O–H groups in total. The van der Waals surface area contributed by atoms with Gasteiger partial charge in [0.15, 0.2) is 11.5 Å². The second-order valence-corrected chi connectivity index (χ2v) is 6.57. The van der Waals surface area contributed by atoms with Crippen molar-refractivity contribution in [1.29, 1.82) is 5.26 Å². The number of thiophene rings is 1. The number of phenols is 1. The lowest BCUT2D eigenvalue weighted by atomic mass is 10.2. The number of hydrazone groups is 1. The number of phenolic OH excluding ortho intramolecular Hbond substituents is 1. The molecule has 9 heteroatoms. The largest absolute Gasteiger partial charge is 0.503 e. The predicted molar refractivity (Wildman–Crippen MR) is 95.6 cm³/mol. The third kappa shape index (κ3) is 3.50. The molecule has 7 nitrogen and oxygen atoms in total. The van der Waals surface area contributed by atoms with Crippen LogP contribution >= 0.6 is 27.3 Å². The number of amides is 1. The van der Waals surface area contributed by atoms with E-state index in [-0.39, 0.29) is 11.5 Å². The lowest BCUT2D eigenvalue weighted by Gasteiger charge is -2.06. The van der Waals surface area contributed by atoms with Gasteiger partial charge in [-0.15, -0.1) is 11.3 Å². The number of nitrogens with zero attached hydrogens (tertiary/aromatic N) is 2. The minimum absolute atomic E-state index is 0.0209. The molecule has 24 heavy (non-hydrogen) atoms. The van der Waals surface area contributed by atoms with Crippen LogP contribution < -0.4 is 15.9 Å². The molecule has 0 aliphatic rings. The van der Waals surface area contributed by atoms with Crippen LogP contribution in [0.4, 0.5) is 5.00 Å². The lowest BCUT2D eigenvalue weighted by Crippen LogP contribution is -2.17. The predicted octanol–water partition coefficient (Wildman–Crippen LogP) is 2.75. The zero-order chi connectivity index (χ0) is 17.9. The second-order valence-electron chi connectivity index (χ2n) is 4.66. The van der Waals surface area contributed by atoms with Crippen molar-refractivity contribution in [1.82, 2.24) is 5.43 Å². The zero-order valence-corrected chi connectivity index (χ0v) is 15.2. The maximum Gasteiger partial charge on any atom is 0.281 e. The molecule has 0 saturated heterocycles. The number of hydrogen-bond donors (Lipinski definition) is 3. The van der Waals surface area contributed by atoms with E-state index in [4.69, 9.17) is 15.7 Å². The van der Waals surface area contributed by atoms with Gasteiger partial charge in [0.25, 0.3) is 5.91 Å². The average molecular weight is 409 g/mol. The van der Waals surface area contributed by atoms with Gasteiger partial charge in [-0.3, -0.25) is 4.79 Å². The molecule has 0 aliphatic carbocycles. The molecule has 0 aliphatic heterocycles. The Morgan fingerprint density at radius 3 is 2.88 bits per heavy atom. The molecule has 124 valence electrons. The normalized spacial score (nSPS) is 10.6. The van der Waals surface area contributed by atoms with Crippen LogP contribution in [0.1, 0.15) is 26.4 Å². The third-order valence-electron chi connectivity index (χ3n) is 3.14. The molecule has 0 fully saturated rings. The molecule has 0 bridgehead atoms. The van der Waals surface area contributed by atoms with Crippen molar-refractivity contribution in [3.05, 3.63) is 38.2 Å². The molecular weight excluding hydrogens is 396 g/mol. The molecule has 0 spiro atoms. The highest BCUT2D eigenvalue weighted by molar-refractivity contribution is 9.10. The number of carbonyl (C=O) groups excluding carboxylic acids is 1. The Morgan fingerprint density at radius 1 is 1.58 bits per heavy atom. The number of aromatic hydroxyl groups is 1. The van der Waals surface area contributed by atoms with Gasteiger partial charge in [0.05, 0.1) is 23.4 Å². The van der Waals surface area contributed by atoms with Crippen LogP contribution in [0.25, 0.3) is 0 Å². The Labute approximate surface area is 150 Å². The molecule has 1 amide bonds. The van der Waals surface area contributed by atoms with Crippen molar-refractivity contribution in [3.63, 3.8) is 0 Å². The molecule has 1 aromatic heterocycles. The molecule has 2 aromatic rings. The van der Waals surface area contributed by atoms with E-state index in [0.717, 1.165) is 11.3 Å². The number of halogens is 1. The van der Waals surface area contributed by atoms with Crippen molar-refractivity contribution < 1.29 is 14.6 Å². The summed E-state index contributed by atoms with van der Waals surface area (Å²) in [5.41, 5.74) is 9.53. The number of nitriles is 1. The van der Waals surface area contributed by atoms with E-state index in [2.05, 4.69) is 26.5 Å². The van der Waals surface area contributed by atoms with Gasteiger partial charge >= 0.3 is 0 Å². The number of methoxy groups -OCH3 is 1. The van der Waals surface area contributed by atoms with Crippen molar-refractivity contribution in [2.24, 2.45) is 5.10 Å². The highest BCUT2D eigenvalue weighted by Crippen LogP contribution is 2.34. The summed E-state index contributed by atoms with van der Waals surface area (Å²) >= 11 is 4.24. The van der Waals surface area contributed by atoms with Gasteiger partial charge in [-0.05, 0) is 46.1 Å². The maximum atomic E-state index is 12.1. The first-order chi connectivity index (χ1) is 11.4. The second kappa shape index (κ2) is 7.33. The van der Waals surface area contributed by atoms with E-state index in [9.17, 15) is 9.90 Å². The Kier molecular flexibility index (Phi) is 5.43. The molecule has 0 atom stereocenters. The van der Waals surface area contributed by atoms with Crippen molar-refractivity contribution >= 4 is 44.4 Å². The highest BCUT2D eigenvalue weighted by Gasteiger charge is 2.18. The van der Waals surface area contributed by atoms with E-state index in [1.54, 1.807) is 19.1 Å². The number of carbonyl (C=O) groups is 1. The number of nitrogens with two attached hydrogens (primary N) is 1. The number of hydrogen-bond acceptors (Lipinski definition) is 7. The van der Waals surface area contributed by atoms with Crippen LogP contribution in [-0.4, -0.2) is 24.3 Å². The quantitative estimate of drug-likeness (QED) is 0.530.